The largest absolute Gasteiger partial charge is 0.448 e. The zero-order valence-corrected chi connectivity index (χ0v) is 15.5. The van der Waals surface area contributed by atoms with Crippen LogP contribution in [-0.2, 0) is 14.9 Å². The van der Waals surface area contributed by atoms with Crippen LogP contribution in [0.25, 0.3) is 11.1 Å². The van der Waals surface area contributed by atoms with Crippen LogP contribution in [0.4, 0.5) is 10.5 Å². The van der Waals surface area contributed by atoms with Gasteiger partial charge in [-0.15, -0.1) is 0 Å². The second kappa shape index (κ2) is 7.10. The molecule has 0 aliphatic heterocycles. The lowest BCUT2D eigenvalue weighted by atomic mass is 9.98. The van der Waals surface area contributed by atoms with Crippen LogP contribution >= 0.6 is 0 Å². The Morgan fingerprint density at radius 1 is 0.893 bits per heavy atom. The van der Waals surface area contributed by atoms with Gasteiger partial charge in [0.1, 0.15) is 6.61 Å². The number of carbonyl (C=O) groups is 1. The molecule has 0 radical (unpaired) electrons. The van der Waals surface area contributed by atoms with Crippen LogP contribution < -0.4 is 5.32 Å². The minimum Gasteiger partial charge on any atom is -0.448 e. The normalized spacial score (nSPS) is 12.9. The molecular weight excluding hydrogens is 378 g/mol. The van der Waals surface area contributed by atoms with E-state index in [4.69, 9.17) is 9.29 Å². The molecule has 0 aromatic heterocycles. The number of anilines is 1. The van der Waals surface area contributed by atoms with E-state index in [1.165, 1.54) is 24.3 Å². The van der Waals surface area contributed by atoms with Crippen molar-refractivity contribution in [3.63, 3.8) is 0 Å². The number of hydrogen-bond donors (Lipinski definition) is 2. The van der Waals surface area contributed by atoms with E-state index in [-0.39, 0.29) is 17.4 Å². The van der Waals surface area contributed by atoms with Gasteiger partial charge in [0.15, 0.2) is 0 Å². The Balaban J connectivity index is 1.45. The average Bonchev–Trinajstić information content (AvgIpc) is 3.00. The molecule has 28 heavy (non-hydrogen) atoms. The summed E-state index contributed by atoms with van der Waals surface area (Å²) in [6, 6.07) is 21.3. The second-order valence-electron chi connectivity index (χ2n) is 6.45. The second-order valence-corrected chi connectivity index (χ2v) is 7.87. The van der Waals surface area contributed by atoms with Crippen molar-refractivity contribution in [2.75, 3.05) is 11.9 Å². The summed E-state index contributed by atoms with van der Waals surface area (Å²) in [5.41, 5.74) is 4.90. The van der Waals surface area contributed by atoms with Crippen molar-refractivity contribution >= 4 is 21.9 Å². The molecule has 0 saturated carbocycles. The van der Waals surface area contributed by atoms with E-state index in [9.17, 15) is 13.2 Å². The van der Waals surface area contributed by atoms with Gasteiger partial charge in [-0.25, -0.2) is 4.79 Å². The third-order valence-corrected chi connectivity index (χ3v) is 5.61. The standard InChI is InChI=1S/C21H17NO5S/c23-21(22-14-9-11-15(12-10-14)28(24,25)26)27-13-20-18-7-3-1-5-16(18)17-6-2-4-8-19(17)20/h1-12,20H,13H2,(H,22,23)(H,24,25,26). The fourth-order valence-corrected chi connectivity index (χ4v) is 3.94. The van der Waals surface area contributed by atoms with Gasteiger partial charge in [0.2, 0.25) is 0 Å². The van der Waals surface area contributed by atoms with E-state index in [0.29, 0.717) is 5.69 Å². The van der Waals surface area contributed by atoms with Gasteiger partial charge >= 0.3 is 6.09 Å². The van der Waals surface area contributed by atoms with Gasteiger partial charge in [0.25, 0.3) is 10.1 Å². The third kappa shape index (κ3) is 3.49. The number of amides is 1. The summed E-state index contributed by atoms with van der Waals surface area (Å²) in [5.74, 6) is -0.0416. The van der Waals surface area contributed by atoms with Crippen molar-refractivity contribution in [1.82, 2.24) is 0 Å². The molecule has 0 saturated heterocycles. The van der Waals surface area contributed by atoms with Crippen molar-refractivity contribution in [3.05, 3.63) is 83.9 Å². The maximum atomic E-state index is 12.2. The van der Waals surface area contributed by atoms with Gasteiger partial charge in [0, 0.05) is 11.6 Å². The van der Waals surface area contributed by atoms with Crippen LogP contribution in [0.5, 0.6) is 0 Å². The lowest BCUT2D eigenvalue weighted by Crippen LogP contribution is -2.17. The van der Waals surface area contributed by atoms with E-state index in [1.54, 1.807) is 0 Å². The van der Waals surface area contributed by atoms with Crippen molar-refractivity contribution in [2.24, 2.45) is 0 Å². The van der Waals surface area contributed by atoms with Crippen LogP contribution in [0.1, 0.15) is 17.0 Å². The molecule has 4 rings (SSSR count). The average molecular weight is 395 g/mol. The SMILES string of the molecule is O=C(Nc1ccc(S(=O)(=O)O)cc1)OCC1c2ccccc2-c2ccccc21. The fourth-order valence-electron chi connectivity index (χ4n) is 3.46. The summed E-state index contributed by atoms with van der Waals surface area (Å²) in [6.45, 7) is 0.183. The minimum atomic E-state index is -4.27. The molecule has 2 N–H and O–H groups in total. The highest BCUT2D eigenvalue weighted by Gasteiger charge is 2.29. The molecule has 0 unspecified atom stereocenters. The predicted molar refractivity (Wildman–Crippen MR) is 105 cm³/mol. The van der Waals surface area contributed by atoms with E-state index in [2.05, 4.69) is 17.4 Å². The first-order chi connectivity index (χ1) is 13.4. The molecule has 0 fully saturated rings. The summed E-state index contributed by atoms with van der Waals surface area (Å²) in [6.07, 6.45) is -0.638. The Morgan fingerprint density at radius 2 is 1.43 bits per heavy atom. The molecule has 142 valence electrons. The number of benzene rings is 3. The maximum Gasteiger partial charge on any atom is 0.411 e. The van der Waals surface area contributed by atoms with Crippen LogP contribution in [0.15, 0.2) is 77.7 Å². The van der Waals surface area contributed by atoms with E-state index >= 15 is 0 Å². The molecule has 6 nitrogen and oxygen atoms in total. The number of hydrogen-bond acceptors (Lipinski definition) is 4. The lowest BCUT2D eigenvalue weighted by molar-refractivity contribution is 0.158. The Morgan fingerprint density at radius 3 is 1.96 bits per heavy atom. The molecule has 3 aromatic rings. The van der Waals surface area contributed by atoms with Crippen molar-refractivity contribution in [1.29, 1.82) is 0 Å². The van der Waals surface area contributed by atoms with Gasteiger partial charge in [-0.05, 0) is 46.5 Å². The summed E-state index contributed by atoms with van der Waals surface area (Å²) in [7, 11) is -4.27. The molecule has 3 aromatic carbocycles. The van der Waals surface area contributed by atoms with Gasteiger partial charge < -0.3 is 4.74 Å². The Labute approximate surface area is 162 Å². The van der Waals surface area contributed by atoms with Crippen molar-refractivity contribution in [2.45, 2.75) is 10.8 Å². The molecule has 1 amide bonds. The topological polar surface area (TPSA) is 92.7 Å². The smallest absolute Gasteiger partial charge is 0.411 e. The monoisotopic (exact) mass is 395 g/mol. The maximum absolute atomic E-state index is 12.2. The summed E-state index contributed by atoms with van der Waals surface area (Å²) in [5, 5.41) is 2.55. The van der Waals surface area contributed by atoms with Crippen LogP contribution in [0, 0.1) is 0 Å². The van der Waals surface area contributed by atoms with Gasteiger partial charge in [0.05, 0.1) is 4.90 Å². The predicted octanol–water partition coefficient (Wildman–Crippen LogP) is 4.29. The molecular formula is C21H17NO5S. The Kier molecular flexibility index (Phi) is 4.62. The zero-order chi connectivity index (χ0) is 19.7. The Hall–Kier alpha value is -3.16. The minimum absolute atomic E-state index is 0.0416. The van der Waals surface area contributed by atoms with E-state index in [1.807, 2.05) is 36.4 Å². The number of ether oxygens (including phenoxy) is 1. The lowest BCUT2D eigenvalue weighted by Gasteiger charge is -2.14. The highest BCUT2D eigenvalue weighted by atomic mass is 32.2. The van der Waals surface area contributed by atoms with E-state index < -0.39 is 16.2 Å². The molecule has 7 heteroatoms. The first-order valence-electron chi connectivity index (χ1n) is 8.63. The highest BCUT2D eigenvalue weighted by Crippen LogP contribution is 2.44. The van der Waals surface area contributed by atoms with Crippen molar-refractivity contribution in [3.8, 4) is 11.1 Å². The molecule has 0 atom stereocenters. The number of fused-ring (bicyclic) bond motifs is 3. The Bertz CT molecular complexity index is 1090. The van der Waals surface area contributed by atoms with Crippen molar-refractivity contribution < 1.29 is 22.5 Å². The first-order valence-corrected chi connectivity index (χ1v) is 10.1. The summed E-state index contributed by atoms with van der Waals surface area (Å²) < 4.78 is 36.5. The zero-order valence-electron chi connectivity index (χ0n) is 14.7. The number of nitrogens with one attached hydrogen (secondary N) is 1. The van der Waals surface area contributed by atoms with Gasteiger partial charge in [-0.1, -0.05) is 48.5 Å². The van der Waals surface area contributed by atoms with Gasteiger partial charge in [-0.3, -0.25) is 9.87 Å². The fraction of sp³-hybridized carbons (Fsp3) is 0.0952. The van der Waals surface area contributed by atoms with Crippen LogP contribution in [0.2, 0.25) is 0 Å². The number of carbonyl (C=O) groups excluding carboxylic acids is 1. The summed E-state index contributed by atoms with van der Waals surface area (Å²) in [4.78, 5) is 11.9. The third-order valence-electron chi connectivity index (χ3n) is 4.74. The molecule has 0 spiro atoms. The molecule has 1 aliphatic rings. The highest BCUT2D eigenvalue weighted by molar-refractivity contribution is 7.85. The van der Waals surface area contributed by atoms with Gasteiger partial charge in [-0.2, -0.15) is 8.42 Å². The molecule has 0 heterocycles. The number of rotatable bonds is 4. The van der Waals surface area contributed by atoms with E-state index in [0.717, 1.165) is 22.3 Å². The molecule has 0 bridgehead atoms. The van der Waals surface area contributed by atoms with Crippen LogP contribution in [0.3, 0.4) is 0 Å². The first kappa shape index (κ1) is 18.2. The van der Waals surface area contributed by atoms with Crippen LogP contribution in [-0.4, -0.2) is 25.7 Å². The quantitative estimate of drug-likeness (QED) is 0.643. The molecule has 1 aliphatic carbocycles. The summed E-state index contributed by atoms with van der Waals surface area (Å²) >= 11 is 0.